The number of anilines is 1. The van der Waals surface area contributed by atoms with Crippen LogP contribution in [0.5, 0.6) is 5.75 Å². The van der Waals surface area contributed by atoms with Gasteiger partial charge in [-0.05, 0) is 97.7 Å². The molecule has 5 unspecified atom stereocenters. The first-order valence-corrected chi connectivity index (χ1v) is 19.5. The van der Waals surface area contributed by atoms with Crippen molar-refractivity contribution in [3.63, 3.8) is 0 Å². The van der Waals surface area contributed by atoms with Crippen LogP contribution in [0.2, 0.25) is 5.02 Å². The highest BCUT2D eigenvalue weighted by Gasteiger charge is 2.47. The van der Waals surface area contributed by atoms with Gasteiger partial charge in [-0.15, -0.1) is 0 Å². The minimum atomic E-state index is -4.20. The molecule has 2 bridgehead atoms. The topological polar surface area (TPSA) is 129 Å². The number of nitrogens with one attached hydrogen (secondary N) is 1. The molecule has 3 heterocycles. The second-order valence-electron chi connectivity index (χ2n) is 14.7. The molecule has 0 radical (unpaired) electrons. The number of ether oxygens (including phenoxy) is 2. The van der Waals surface area contributed by atoms with Gasteiger partial charge in [0.2, 0.25) is 5.91 Å². The summed E-state index contributed by atoms with van der Waals surface area (Å²) in [4.78, 5) is 31.4. The molecule has 50 heavy (non-hydrogen) atoms. The van der Waals surface area contributed by atoms with Crippen LogP contribution in [0, 0.1) is 11.8 Å². The summed E-state index contributed by atoms with van der Waals surface area (Å²) in [5, 5.41) is 13.0. The van der Waals surface area contributed by atoms with Crippen LogP contribution in [-0.4, -0.2) is 94.1 Å². The molecule has 1 saturated carbocycles. The van der Waals surface area contributed by atoms with Gasteiger partial charge in [0.05, 0.1) is 24.8 Å². The number of aliphatic hydroxyl groups is 1. The third-order valence-corrected chi connectivity index (χ3v) is 13.4. The Kier molecular flexibility index (Phi) is 9.70. The van der Waals surface area contributed by atoms with E-state index in [9.17, 15) is 23.1 Å². The standard InChI is InChI=1S/C37H47ClN4O7S/c1-40-16-4-3-8-32(48-2)29-12-9-26(29)22-41-23-36(15-5-7-25-19-28(38)11-13-30(25)36)24-49-33-14-10-27(20-31(33)41)37(45,21-34(40)43)35(44)39-50(46,47)42-17-6-18-42/h3,8,10-11,13-14,19-20,26,29,32,45H,4-7,9,12,15-18,21-24H2,1-2H3,(H,39,44)/b8-3-. The average Bonchev–Trinajstić information content (AvgIpc) is 3.19. The molecule has 11 nitrogen and oxygen atoms in total. The van der Waals surface area contributed by atoms with Gasteiger partial charge in [0.25, 0.3) is 5.91 Å². The predicted octanol–water partition coefficient (Wildman–Crippen LogP) is 3.92. The van der Waals surface area contributed by atoms with Crippen LogP contribution >= 0.6 is 11.6 Å². The van der Waals surface area contributed by atoms with Crippen molar-refractivity contribution in [3.8, 4) is 5.75 Å². The van der Waals surface area contributed by atoms with Gasteiger partial charge >= 0.3 is 10.2 Å². The Bertz CT molecular complexity index is 1780. The number of rotatable bonds is 4. The number of nitrogens with zero attached hydrogens (tertiary/aromatic N) is 3. The van der Waals surface area contributed by atoms with Gasteiger partial charge in [-0.1, -0.05) is 35.9 Å². The fraction of sp³-hybridized carbons (Fsp3) is 0.568. The van der Waals surface area contributed by atoms with Gasteiger partial charge in [-0.25, -0.2) is 4.72 Å². The van der Waals surface area contributed by atoms with Gasteiger partial charge in [0.15, 0.2) is 5.60 Å². The van der Waals surface area contributed by atoms with E-state index in [2.05, 4.69) is 27.8 Å². The highest BCUT2D eigenvalue weighted by Crippen LogP contribution is 2.48. The normalized spacial score (nSPS) is 31.0. The number of carbonyl (C=O) groups is 2. The molecule has 0 aromatic heterocycles. The first-order valence-electron chi connectivity index (χ1n) is 17.7. The number of carbonyl (C=O) groups excluding carboxylic acids is 2. The summed E-state index contributed by atoms with van der Waals surface area (Å²) in [6.45, 7) is 2.67. The quantitative estimate of drug-likeness (QED) is 0.454. The van der Waals surface area contributed by atoms with E-state index in [1.807, 2.05) is 12.1 Å². The lowest BCUT2D eigenvalue weighted by Gasteiger charge is -2.46. The highest BCUT2D eigenvalue weighted by atomic mass is 35.5. The van der Waals surface area contributed by atoms with E-state index in [4.69, 9.17) is 21.1 Å². The van der Waals surface area contributed by atoms with Gasteiger partial charge in [0, 0.05) is 57.3 Å². The van der Waals surface area contributed by atoms with Crippen LogP contribution in [0.3, 0.4) is 0 Å². The van der Waals surface area contributed by atoms with Crippen LogP contribution in [0.25, 0.3) is 0 Å². The lowest BCUT2D eigenvalue weighted by atomic mass is 9.68. The van der Waals surface area contributed by atoms with E-state index < -0.39 is 34.0 Å². The van der Waals surface area contributed by atoms with E-state index in [1.165, 1.54) is 16.0 Å². The lowest BCUT2D eigenvalue weighted by molar-refractivity contribution is -0.148. The SMILES string of the molecule is COC1/C=C\CCN(C)C(=O)CC(O)(C(=O)NS(=O)(=O)N2CCC2)c2ccc3c(c2)N(CC2CCC21)CC1(CCCc2cc(Cl)ccc21)CO3. The molecule has 3 aliphatic heterocycles. The summed E-state index contributed by atoms with van der Waals surface area (Å²) in [5.41, 5.74) is 0.445. The van der Waals surface area contributed by atoms with Crippen LogP contribution in [-0.2, 0) is 42.0 Å². The van der Waals surface area contributed by atoms with Crippen LogP contribution in [0.1, 0.15) is 61.6 Å². The second-order valence-corrected chi connectivity index (χ2v) is 16.9. The first-order chi connectivity index (χ1) is 23.9. The fourth-order valence-corrected chi connectivity index (χ4v) is 9.85. The van der Waals surface area contributed by atoms with E-state index >= 15 is 0 Å². The van der Waals surface area contributed by atoms with Gasteiger partial charge in [-0.2, -0.15) is 12.7 Å². The Morgan fingerprint density at radius 2 is 1.94 bits per heavy atom. The Balaban J connectivity index is 1.33. The Morgan fingerprint density at radius 1 is 1.12 bits per heavy atom. The molecule has 1 saturated heterocycles. The number of halogens is 1. The molecular weight excluding hydrogens is 680 g/mol. The van der Waals surface area contributed by atoms with Gasteiger partial charge < -0.3 is 24.4 Å². The maximum absolute atomic E-state index is 14.0. The molecule has 2 N–H and O–H groups in total. The Morgan fingerprint density at radius 3 is 2.66 bits per heavy atom. The molecule has 2 fully saturated rings. The van der Waals surface area contributed by atoms with Crippen molar-refractivity contribution in [2.75, 3.05) is 58.4 Å². The van der Waals surface area contributed by atoms with Crippen molar-refractivity contribution in [1.82, 2.24) is 13.9 Å². The number of hydrogen-bond acceptors (Lipinski definition) is 8. The molecule has 270 valence electrons. The molecule has 2 amide bonds. The summed E-state index contributed by atoms with van der Waals surface area (Å²) in [6.07, 6.45) is 9.54. The number of benzene rings is 2. The van der Waals surface area contributed by atoms with Crippen molar-refractivity contribution in [2.24, 2.45) is 11.8 Å². The van der Waals surface area contributed by atoms with Gasteiger partial charge in [-0.3, -0.25) is 9.59 Å². The van der Waals surface area contributed by atoms with Crippen molar-refractivity contribution in [3.05, 3.63) is 70.3 Å². The Labute approximate surface area is 299 Å². The van der Waals surface area contributed by atoms with Crippen LogP contribution in [0.15, 0.2) is 48.6 Å². The molecule has 5 aliphatic rings. The number of amides is 2. The van der Waals surface area contributed by atoms with Gasteiger partial charge in [0.1, 0.15) is 5.75 Å². The molecule has 2 aromatic carbocycles. The van der Waals surface area contributed by atoms with Crippen molar-refractivity contribution >= 4 is 39.3 Å². The minimum Gasteiger partial charge on any atom is -0.490 e. The Hall–Kier alpha value is -3.16. The molecule has 1 spiro atoms. The third-order valence-electron chi connectivity index (χ3n) is 11.7. The minimum absolute atomic E-state index is 0.0645. The van der Waals surface area contributed by atoms with E-state index in [1.54, 1.807) is 32.4 Å². The number of aryl methyl sites for hydroxylation is 1. The fourth-order valence-electron chi connectivity index (χ4n) is 8.39. The summed E-state index contributed by atoms with van der Waals surface area (Å²) in [5.74, 6) is -0.449. The van der Waals surface area contributed by atoms with E-state index in [0.717, 1.165) is 36.4 Å². The number of methoxy groups -OCH3 is 1. The molecule has 7 rings (SSSR count). The molecule has 5 atom stereocenters. The van der Waals surface area contributed by atoms with E-state index in [-0.39, 0.29) is 30.2 Å². The van der Waals surface area contributed by atoms with Crippen LogP contribution < -0.4 is 14.4 Å². The summed E-state index contributed by atoms with van der Waals surface area (Å²) < 4.78 is 42.0. The molecule has 2 aromatic rings. The lowest BCUT2D eigenvalue weighted by Crippen LogP contribution is -2.55. The zero-order chi connectivity index (χ0) is 35.3. The largest absolute Gasteiger partial charge is 0.490 e. The number of fused-ring (bicyclic) bond motifs is 4. The average molecular weight is 727 g/mol. The second kappa shape index (κ2) is 13.8. The van der Waals surface area contributed by atoms with Crippen molar-refractivity contribution in [2.45, 2.75) is 68.5 Å². The van der Waals surface area contributed by atoms with Crippen molar-refractivity contribution < 1.29 is 32.6 Å². The maximum atomic E-state index is 14.0. The molecular formula is C37H47ClN4O7S. The monoisotopic (exact) mass is 726 g/mol. The zero-order valence-electron chi connectivity index (χ0n) is 28.8. The summed E-state index contributed by atoms with van der Waals surface area (Å²) in [6, 6.07) is 11.2. The summed E-state index contributed by atoms with van der Waals surface area (Å²) in [7, 11) is -0.843. The van der Waals surface area contributed by atoms with Crippen LogP contribution in [0.4, 0.5) is 5.69 Å². The maximum Gasteiger partial charge on any atom is 0.303 e. The predicted molar refractivity (Wildman–Crippen MR) is 190 cm³/mol. The first kappa shape index (κ1) is 35.3. The smallest absolute Gasteiger partial charge is 0.303 e. The molecule has 13 heteroatoms. The highest BCUT2D eigenvalue weighted by molar-refractivity contribution is 7.87. The third kappa shape index (κ3) is 6.53. The van der Waals surface area contributed by atoms with Crippen molar-refractivity contribution in [1.29, 1.82) is 0 Å². The molecule has 2 aliphatic carbocycles. The summed E-state index contributed by atoms with van der Waals surface area (Å²) >= 11 is 6.45. The number of hydrogen-bond donors (Lipinski definition) is 2. The zero-order valence-corrected chi connectivity index (χ0v) is 30.3. The van der Waals surface area contributed by atoms with E-state index in [0.29, 0.717) is 67.4 Å².